The number of hydrogen-bond donors (Lipinski definition) is 2. The number of imide groups is 1. The highest BCUT2D eigenvalue weighted by molar-refractivity contribution is 7.13. The minimum absolute atomic E-state index is 0.0536. The largest absolute Gasteiger partial charge is 0.350 e. The topological polar surface area (TPSA) is 91.4 Å². The number of thiazole rings is 1. The predicted molar refractivity (Wildman–Crippen MR) is 122 cm³/mol. The van der Waals surface area contributed by atoms with Crippen LogP contribution in [0, 0.1) is 6.92 Å². The molecule has 0 bridgehead atoms. The zero-order valence-electron chi connectivity index (χ0n) is 16.0. The molecule has 1 aliphatic heterocycles. The maximum Gasteiger partial charge on any atom is 0.283 e. The highest BCUT2D eigenvalue weighted by atomic mass is 35.5. The van der Waals surface area contributed by atoms with Crippen LogP contribution in [-0.2, 0) is 9.59 Å². The van der Waals surface area contributed by atoms with Crippen molar-refractivity contribution in [1.82, 2.24) is 4.98 Å². The van der Waals surface area contributed by atoms with E-state index in [0.29, 0.717) is 27.1 Å². The van der Waals surface area contributed by atoms with E-state index < -0.39 is 11.8 Å². The maximum atomic E-state index is 12.8. The Labute approximate surface area is 191 Å². The molecule has 0 saturated carbocycles. The molecular formula is C21H14Cl2N4O3S. The Kier molecular flexibility index (Phi) is 5.77. The van der Waals surface area contributed by atoms with Gasteiger partial charge in [-0.1, -0.05) is 29.3 Å². The molecule has 0 saturated heterocycles. The van der Waals surface area contributed by atoms with E-state index >= 15 is 0 Å². The summed E-state index contributed by atoms with van der Waals surface area (Å²) in [6.45, 7) is 1.84. The fraction of sp³-hybridized carbons (Fsp3) is 0.0476. The van der Waals surface area contributed by atoms with E-state index in [1.54, 1.807) is 42.5 Å². The summed E-state index contributed by atoms with van der Waals surface area (Å²) >= 11 is 13.4. The van der Waals surface area contributed by atoms with Crippen LogP contribution in [0.1, 0.15) is 16.1 Å². The molecule has 1 aromatic heterocycles. The molecule has 0 aliphatic carbocycles. The van der Waals surface area contributed by atoms with Gasteiger partial charge in [0, 0.05) is 21.7 Å². The van der Waals surface area contributed by atoms with Crippen molar-refractivity contribution in [3.63, 3.8) is 0 Å². The molecule has 2 aromatic carbocycles. The van der Waals surface area contributed by atoms with Crippen LogP contribution in [0.15, 0.2) is 64.6 Å². The van der Waals surface area contributed by atoms with E-state index in [1.165, 1.54) is 17.4 Å². The van der Waals surface area contributed by atoms with Crippen LogP contribution >= 0.6 is 34.5 Å². The number of nitrogens with zero attached hydrogens (tertiary/aromatic N) is 2. The van der Waals surface area contributed by atoms with Crippen LogP contribution in [0.3, 0.4) is 0 Å². The minimum Gasteiger partial charge on any atom is -0.350 e. The van der Waals surface area contributed by atoms with Gasteiger partial charge >= 0.3 is 0 Å². The lowest BCUT2D eigenvalue weighted by Gasteiger charge is -2.15. The summed E-state index contributed by atoms with van der Waals surface area (Å²) in [6, 6.07) is 12.8. The third-order valence-electron chi connectivity index (χ3n) is 4.35. The van der Waals surface area contributed by atoms with Gasteiger partial charge in [0.2, 0.25) is 0 Å². The van der Waals surface area contributed by atoms with Gasteiger partial charge in [-0.05, 0) is 49.4 Å². The normalized spacial score (nSPS) is 13.7. The molecule has 31 heavy (non-hydrogen) atoms. The number of benzene rings is 2. The number of anilines is 3. The highest BCUT2D eigenvalue weighted by Crippen LogP contribution is 2.31. The van der Waals surface area contributed by atoms with E-state index in [-0.39, 0.29) is 16.6 Å². The molecule has 3 amide bonds. The smallest absolute Gasteiger partial charge is 0.283 e. The molecular weight excluding hydrogens is 459 g/mol. The van der Waals surface area contributed by atoms with E-state index in [0.717, 1.165) is 10.6 Å². The Bertz CT molecular complexity index is 1240. The molecule has 2 N–H and O–H groups in total. The third-order valence-corrected chi connectivity index (χ3v) is 5.81. The number of hydrogen-bond acceptors (Lipinski definition) is 6. The number of amides is 3. The minimum atomic E-state index is -0.647. The second-order valence-corrected chi connectivity index (χ2v) is 8.24. The van der Waals surface area contributed by atoms with Crippen LogP contribution < -0.4 is 15.5 Å². The summed E-state index contributed by atoms with van der Waals surface area (Å²) in [5.41, 5.74) is 1.99. The van der Waals surface area contributed by atoms with Gasteiger partial charge in [0.15, 0.2) is 5.13 Å². The third kappa shape index (κ3) is 4.32. The van der Waals surface area contributed by atoms with Crippen molar-refractivity contribution in [2.75, 3.05) is 15.5 Å². The van der Waals surface area contributed by atoms with Gasteiger partial charge in [0.25, 0.3) is 17.7 Å². The summed E-state index contributed by atoms with van der Waals surface area (Å²) in [7, 11) is 0. The molecule has 7 nitrogen and oxygen atoms in total. The van der Waals surface area contributed by atoms with Crippen LogP contribution in [0.2, 0.25) is 5.02 Å². The number of rotatable bonds is 5. The van der Waals surface area contributed by atoms with Crippen molar-refractivity contribution >= 4 is 68.8 Å². The molecule has 10 heteroatoms. The van der Waals surface area contributed by atoms with Crippen molar-refractivity contribution in [3.8, 4) is 0 Å². The van der Waals surface area contributed by atoms with Crippen molar-refractivity contribution in [3.05, 3.63) is 80.9 Å². The maximum absolute atomic E-state index is 12.8. The number of carbonyl (C=O) groups excluding carboxylic acids is 3. The van der Waals surface area contributed by atoms with Crippen LogP contribution in [0.25, 0.3) is 0 Å². The summed E-state index contributed by atoms with van der Waals surface area (Å²) in [5, 5.41) is 8.09. The Morgan fingerprint density at radius 2 is 1.81 bits per heavy atom. The lowest BCUT2D eigenvalue weighted by molar-refractivity contribution is -0.120. The fourth-order valence-corrected chi connectivity index (χ4v) is 3.97. The lowest BCUT2D eigenvalue weighted by Crippen LogP contribution is -2.32. The molecule has 0 radical (unpaired) electrons. The second-order valence-electron chi connectivity index (χ2n) is 6.57. The molecule has 0 atom stereocenters. The molecule has 2 heterocycles. The molecule has 0 unspecified atom stereocenters. The van der Waals surface area contributed by atoms with Crippen molar-refractivity contribution in [1.29, 1.82) is 0 Å². The van der Waals surface area contributed by atoms with Crippen molar-refractivity contribution in [2.45, 2.75) is 6.92 Å². The quantitative estimate of drug-likeness (QED) is 0.520. The van der Waals surface area contributed by atoms with Crippen LogP contribution in [0.4, 0.5) is 16.5 Å². The highest BCUT2D eigenvalue weighted by Gasteiger charge is 2.39. The molecule has 1 aliphatic rings. The number of aryl methyl sites for hydroxylation is 1. The van der Waals surface area contributed by atoms with E-state index in [2.05, 4.69) is 15.6 Å². The standard InChI is InChI=1S/C21H14Cl2N4O3S/c1-11-10-31-21(24-11)26-18(28)12-5-7-14(8-6-12)25-17-16(23)19(29)27(20(17)30)15-4-2-3-13(22)9-15/h2-10,25H,1H3,(H,24,26,28). The summed E-state index contributed by atoms with van der Waals surface area (Å²) < 4.78 is 0. The van der Waals surface area contributed by atoms with Crippen LogP contribution in [0.5, 0.6) is 0 Å². The Morgan fingerprint density at radius 3 is 2.45 bits per heavy atom. The molecule has 0 spiro atoms. The number of halogens is 2. The number of aromatic nitrogens is 1. The van der Waals surface area contributed by atoms with Gasteiger partial charge < -0.3 is 5.32 Å². The molecule has 0 fully saturated rings. The van der Waals surface area contributed by atoms with Gasteiger partial charge in [-0.25, -0.2) is 9.88 Å². The first kappa shape index (κ1) is 21.0. The summed E-state index contributed by atoms with van der Waals surface area (Å²) in [6.07, 6.45) is 0. The van der Waals surface area contributed by atoms with Crippen molar-refractivity contribution < 1.29 is 14.4 Å². The fourth-order valence-electron chi connectivity index (χ4n) is 2.89. The van der Waals surface area contributed by atoms with Gasteiger partial charge in [-0.2, -0.15) is 0 Å². The van der Waals surface area contributed by atoms with Crippen LogP contribution in [-0.4, -0.2) is 22.7 Å². The average Bonchev–Trinajstić information content (AvgIpc) is 3.24. The van der Waals surface area contributed by atoms with Crippen molar-refractivity contribution in [2.24, 2.45) is 0 Å². The van der Waals surface area contributed by atoms with Gasteiger partial charge in [-0.15, -0.1) is 11.3 Å². The lowest BCUT2D eigenvalue weighted by atomic mass is 10.2. The zero-order valence-corrected chi connectivity index (χ0v) is 18.3. The second kappa shape index (κ2) is 8.50. The number of carbonyl (C=O) groups is 3. The van der Waals surface area contributed by atoms with E-state index in [4.69, 9.17) is 23.2 Å². The van der Waals surface area contributed by atoms with E-state index in [1.807, 2.05) is 12.3 Å². The first-order valence-corrected chi connectivity index (χ1v) is 10.6. The first-order valence-electron chi connectivity index (χ1n) is 8.98. The molecule has 4 rings (SSSR count). The Morgan fingerprint density at radius 1 is 1.06 bits per heavy atom. The monoisotopic (exact) mass is 472 g/mol. The molecule has 3 aromatic rings. The summed E-state index contributed by atoms with van der Waals surface area (Å²) in [4.78, 5) is 42.8. The summed E-state index contributed by atoms with van der Waals surface area (Å²) in [5.74, 6) is -1.55. The molecule has 156 valence electrons. The Balaban J connectivity index is 1.49. The van der Waals surface area contributed by atoms with E-state index in [9.17, 15) is 14.4 Å². The SMILES string of the molecule is Cc1csc(NC(=O)c2ccc(NC3=C(Cl)C(=O)N(c4cccc(Cl)c4)C3=O)cc2)n1. The van der Waals surface area contributed by atoms with Gasteiger partial charge in [-0.3, -0.25) is 19.7 Å². The average molecular weight is 473 g/mol. The number of nitrogens with one attached hydrogen (secondary N) is 2. The Hall–Kier alpha value is -3.20. The zero-order chi connectivity index (χ0) is 22.1. The first-order chi connectivity index (χ1) is 14.8. The predicted octanol–water partition coefficient (Wildman–Crippen LogP) is 4.79. The van der Waals surface area contributed by atoms with Gasteiger partial charge in [0.05, 0.1) is 11.4 Å². The van der Waals surface area contributed by atoms with Gasteiger partial charge in [0.1, 0.15) is 10.7 Å².